The maximum Gasteiger partial charge on any atom is 0.331 e. The van der Waals surface area contributed by atoms with Crippen LogP contribution in [-0.4, -0.2) is 23.3 Å². The monoisotopic (exact) mass is 278 g/mol. The summed E-state index contributed by atoms with van der Waals surface area (Å²) >= 11 is 0. The van der Waals surface area contributed by atoms with Crippen molar-refractivity contribution in [3.05, 3.63) is 34.9 Å². The van der Waals surface area contributed by atoms with E-state index in [-0.39, 0.29) is 12.6 Å². The minimum absolute atomic E-state index is 0.217. The van der Waals surface area contributed by atoms with Crippen molar-refractivity contribution in [1.82, 2.24) is 0 Å². The predicted octanol–water partition coefficient (Wildman–Crippen LogP) is 3.69. The first-order valence-corrected chi connectivity index (χ1v) is 7.20. The summed E-state index contributed by atoms with van der Waals surface area (Å²) < 4.78 is 4.84. The van der Waals surface area contributed by atoms with Crippen LogP contribution in [0, 0.1) is 0 Å². The molecule has 112 valence electrons. The van der Waals surface area contributed by atoms with Crippen LogP contribution in [0.2, 0.25) is 0 Å². The Morgan fingerprint density at radius 1 is 1.35 bits per heavy atom. The number of cyclic esters (lactones) is 1. The van der Waals surface area contributed by atoms with Gasteiger partial charge in [0, 0.05) is 11.6 Å². The Hall–Kier alpha value is -1.35. The minimum atomic E-state index is -0.956. The van der Waals surface area contributed by atoms with E-state index in [2.05, 4.69) is 32.9 Å². The quantitative estimate of drug-likeness (QED) is 0.570. The van der Waals surface area contributed by atoms with Gasteiger partial charge in [0.25, 0.3) is 0 Å². The molecule has 0 aliphatic carbocycles. The topological polar surface area (TPSA) is 46.5 Å². The molecule has 0 saturated carbocycles. The van der Waals surface area contributed by atoms with Gasteiger partial charge in [-0.3, -0.25) is 0 Å². The average Bonchev–Trinajstić information content (AvgIpc) is 2.76. The van der Waals surface area contributed by atoms with Crippen molar-refractivity contribution in [2.75, 3.05) is 6.61 Å². The predicted molar refractivity (Wildman–Crippen MR) is 81.3 cm³/mol. The lowest BCUT2D eigenvalue weighted by atomic mass is 9.91. The molecule has 1 aliphatic heterocycles. The number of ether oxygens (including phenoxy) is 1. The molecule has 1 aliphatic rings. The molecule has 1 N–H and O–H groups in total. The van der Waals surface area contributed by atoms with Crippen LogP contribution < -0.4 is 0 Å². The molecule has 1 unspecified atom stereocenters. The molecule has 0 fully saturated rings. The normalized spacial score (nSPS) is 18.4. The van der Waals surface area contributed by atoms with E-state index in [0.717, 1.165) is 19.3 Å². The summed E-state index contributed by atoms with van der Waals surface area (Å²) in [7, 11) is 0. The number of hydrogen-bond acceptors (Lipinski definition) is 3. The molecule has 0 aromatic heterocycles. The van der Waals surface area contributed by atoms with Gasteiger partial charge >= 0.3 is 5.97 Å². The first-order valence-electron chi connectivity index (χ1n) is 7.20. The lowest BCUT2D eigenvalue weighted by molar-refractivity contribution is -0.135. The van der Waals surface area contributed by atoms with E-state index in [0.29, 0.717) is 12.0 Å². The molecular formula is C17H26O3. The number of rotatable bonds is 7. The number of carbonyl (C=O) groups is 1. The van der Waals surface area contributed by atoms with Crippen LogP contribution in [0.15, 0.2) is 34.9 Å². The summed E-state index contributed by atoms with van der Waals surface area (Å²) in [4.78, 5) is 11.0. The Bertz CT molecular complexity index is 435. The maximum atomic E-state index is 11.0. The van der Waals surface area contributed by atoms with Crippen molar-refractivity contribution in [2.45, 2.75) is 59.0 Å². The maximum absolute atomic E-state index is 11.0. The number of aliphatic hydroxyl groups is 1. The van der Waals surface area contributed by atoms with E-state index in [1.807, 2.05) is 0 Å². The second kappa shape index (κ2) is 7.44. The minimum Gasteiger partial charge on any atom is -0.458 e. The summed E-state index contributed by atoms with van der Waals surface area (Å²) in [6.07, 6.45) is 9.34. The van der Waals surface area contributed by atoms with Gasteiger partial charge in [0.2, 0.25) is 0 Å². The molecule has 0 spiro atoms. The van der Waals surface area contributed by atoms with Gasteiger partial charge in [-0.2, -0.15) is 0 Å². The van der Waals surface area contributed by atoms with Crippen LogP contribution in [-0.2, 0) is 9.53 Å². The molecule has 3 heteroatoms. The highest BCUT2D eigenvalue weighted by Gasteiger charge is 2.30. The Morgan fingerprint density at radius 2 is 2.05 bits per heavy atom. The van der Waals surface area contributed by atoms with Crippen molar-refractivity contribution in [1.29, 1.82) is 0 Å². The van der Waals surface area contributed by atoms with Crippen molar-refractivity contribution < 1.29 is 14.6 Å². The van der Waals surface area contributed by atoms with Crippen LogP contribution in [0.4, 0.5) is 0 Å². The summed E-state index contributed by atoms with van der Waals surface area (Å²) in [6, 6.07) is 0. The molecule has 3 nitrogen and oxygen atoms in total. The lowest BCUT2D eigenvalue weighted by Gasteiger charge is -2.23. The van der Waals surface area contributed by atoms with Gasteiger partial charge in [-0.25, -0.2) is 4.79 Å². The van der Waals surface area contributed by atoms with E-state index >= 15 is 0 Å². The first-order chi connectivity index (χ1) is 9.31. The number of esters is 1. The standard InChI is InChI=1S/C17H26O3/c1-13(2)7-5-8-14(3)9-6-10-17(4,19)15-11-16(18)20-12-15/h7,9,11,19H,5-6,8,10,12H2,1-4H3/b14-9+. The van der Waals surface area contributed by atoms with Crippen LogP contribution in [0.3, 0.4) is 0 Å². The number of carbonyl (C=O) groups excluding carboxylic acids is 1. The molecule has 0 bridgehead atoms. The largest absolute Gasteiger partial charge is 0.458 e. The zero-order valence-corrected chi connectivity index (χ0v) is 13.0. The Morgan fingerprint density at radius 3 is 2.60 bits per heavy atom. The Kier molecular flexibility index (Phi) is 6.21. The molecule has 0 saturated heterocycles. The fourth-order valence-electron chi connectivity index (χ4n) is 2.14. The third kappa shape index (κ3) is 5.74. The SMILES string of the molecule is CC(C)=CCC/C(C)=C/CCC(C)(O)C1=CC(=O)OC1. The first kappa shape index (κ1) is 16.7. The molecular weight excluding hydrogens is 252 g/mol. The molecule has 0 amide bonds. The smallest absolute Gasteiger partial charge is 0.331 e. The van der Waals surface area contributed by atoms with Gasteiger partial charge in [0.1, 0.15) is 6.61 Å². The van der Waals surface area contributed by atoms with Crippen LogP contribution in [0.25, 0.3) is 0 Å². The molecule has 1 atom stereocenters. The molecule has 1 rings (SSSR count). The van der Waals surface area contributed by atoms with E-state index < -0.39 is 5.60 Å². The zero-order valence-electron chi connectivity index (χ0n) is 13.0. The fourth-order valence-corrected chi connectivity index (χ4v) is 2.14. The van der Waals surface area contributed by atoms with Crippen molar-refractivity contribution in [2.24, 2.45) is 0 Å². The molecule has 1 heterocycles. The summed E-state index contributed by atoms with van der Waals surface area (Å²) in [6.45, 7) is 8.29. The van der Waals surface area contributed by atoms with Crippen molar-refractivity contribution in [3.63, 3.8) is 0 Å². The Balaban J connectivity index is 2.40. The van der Waals surface area contributed by atoms with Gasteiger partial charge in [-0.05, 0) is 53.4 Å². The zero-order chi connectivity index (χ0) is 15.2. The van der Waals surface area contributed by atoms with Crippen molar-refractivity contribution in [3.8, 4) is 0 Å². The molecule has 0 aromatic carbocycles. The van der Waals surface area contributed by atoms with E-state index in [9.17, 15) is 9.90 Å². The number of allylic oxidation sites excluding steroid dienone is 4. The highest BCUT2D eigenvalue weighted by molar-refractivity contribution is 5.85. The van der Waals surface area contributed by atoms with Crippen LogP contribution in [0.1, 0.15) is 53.4 Å². The summed E-state index contributed by atoms with van der Waals surface area (Å²) in [5.41, 5.74) is 2.41. The highest BCUT2D eigenvalue weighted by atomic mass is 16.5. The Labute approximate surface area is 122 Å². The second-order valence-corrected chi connectivity index (χ2v) is 5.96. The number of hydrogen-bond donors (Lipinski definition) is 1. The fraction of sp³-hybridized carbons (Fsp3) is 0.588. The van der Waals surface area contributed by atoms with Gasteiger partial charge < -0.3 is 9.84 Å². The lowest BCUT2D eigenvalue weighted by Crippen LogP contribution is -2.27. The van der Waals surface area contributed by atoms with Gasteiger partial charge in [0.15, 0.2) is 0 Å². The summed E-state index contributed by atoms with van der Waals surface area (Å²) in [5, 5.41) is 10.4. The van der Waals surface area contributed by atoms with E-state index in [1.165, 1.54) is 17.2 Å². The molecule has 0 radical (unpaired) electrons. The van der Waals surface area contributed by atoms with E-state index in [4.69, 9.17) is 4.74 Å². The van der Waals surface area contributed by atoms with Gasteiger partial charge in [-0.1, -0.05) is 23.3 Å². The van der Waals surface area contributed by atoms with Crippen LogP contribution in [0.5, 0.6) is 0 Å². The molecule has 20 heavy (non-hydrogen) atoms. The highest BCUT2D eigenvalue weighted by Crippen LogP contribution is 2.26. The average molecular weight is 278 g/mol. The second-order valence-electron chi connectivity index (χ2n) is 5.96. The van der Waals surface area contributed by atoms with Crippen LogP contribution >= 0.6 is 0 Å². The third-order valence-electron chi connectivity index (χ3n) is 3.57. The van der Waals surface area contributed by atoms with Crippen molar-refractivity contribution >= 4 is 5.97 Å². The van der Waals surface area contributed by atoms with Gasteiger partial charge in [-0.15, -0.1) is 0 Å². The third-order valence-corrected chi connectivity index (χ3v) is 3.57. The molecule has 0 aromatic rings. The summed E-state index contributed by atoms with van der Waals surface area (Å²) in [5.74, 6) is -0.353. The van der Waals surface area contributed by atoms with E-state index in [1.54, 1.807) is 6.92 Å². The van der Waals surface area contributed by atoms with Gasteiger partial charge in [0.05, 0.1) is 5.60 Å².